The number of carbonyl (C=O) groups excluding carboxylic acids is 2. The molecule has 1 atom stereocenters. The number of carbonyl (C=O) groups is 2. The average molecular weight is 631 g/mol. The lowest BCUT2D eigenvalue weighted by Gasteiger charge is -2.35. The van der Waals surface area contributed by atoms with Gasteiger partial charge in [-0.05, 0) is 55.2 Å². The summed E-state index contributed by atoms with van der Waals surface area (Å²) in [6, 6.07) is 20.6. The van der Waals surface area contributed by atoms with Gasteiger partial charge in [0.05, 0.1) is 22.0 Å². The van der Waals surface area contributed by atoms with Gasteiger partial charge < -0.3 is 10.2 Å². The molecule has 1 aliphatic rings. The second-order valence-electron chi connectivity index (χ2n) is 10.9. The molecule has 1 N–H and O–H groups in total. The number of nitrogens with one attached hydrogen (secondary N) is 1. The molecule has 1 fully saturated rings. The summed E-state index contributed by atoms with van der Waals surface area (Å²) in [6.45, 7) is 1.47. The minimum atomic E-state index is -3.83. The number of halogens is 2. The quantitative estimate of drug-likeness (QED) is 0.275. The zero-order valence-electron chi connectivity index (χ0n) is 23.9. The van der Waals surface area contributed by atoms with Crippen LogP contribution in [-0.2, 0) is 32.6 Å². The van der Waals surface area contributed by atoms with Gasteiger partial charge in [0.15, 0.2) is 0 Å². The van der Waals surface area contributed by atoms with Gasteiger partial charge in [-0.15, -0.1) is 0 Å². The molecule has 3 aromatic carbocycles. The van der Waals surface area contributed by atoms with Crippen molar-refractivity contribution in [1.82, 2.24) is 10.2 Å². The van der Waals surface area contributed by atoms with E-state index in [4.69, 9.17) is 23.2 Å². The third kappa shape index (κ3) is 8.72. The Labute approximate surface area is 258 Å². The molecule has 10 heteroatoms. The van der Waals surface area contributed by atoms with E-state index in [1.165, 1.54) is 4.90 Å². The van der Waals surface area contributed by atoms with Crippen LogP contribution in [0.5, 0.6) is 0 Å². The summed E-state index contributed by atoms with van der Waals surface area (Å²) >= 11 is 12.5. The second kappa shape index (κ2) is 14.4. The summed E-state index contributed by atoms with van der Waals surface area (Å²) in [5.74, 6) is -0.771. The van der Waals surface area contributed by atoms with Crippen molar-refractivity contribution < 1.29 is 18.0 Å². The molecule has 0 aliphatic heterocycles. The number of hydrogen-bond donors (Lipinski definition) is 1. The lowest BCUT2D eigenvalue weighted by atomic mass is 9.94. The summed E-state index contributed by atoms with van der Waals surface area (Å²) in [5.41, 5.74) is 2.88. The number of anilines is 1. The molecule has 1 saturated carbocycles. The lowest BCUT2D eigenvalue weighted by Crippen LogP contribution is -2.55. The van der Waals surface area contributed by atoms with E-state index in [2.05, 4.69) is 5.32 Å². The monoisotopic (exact) mass is 629 g/mol. The molecular weight excluding hydrogens is 593 g/mol. The smallest absolute Gasteiger partial charge is 0.244 e. The number of aryl methyl sites for hydroxylation is 1. The number of nitrogens with zero attached hydrogens (tertiary/aromatic N) is 2. The van der Waals surface area contributed by atoms with Crippen LogP contribution >= 0.6 is 23.2 Å². The van der Waals surface area contributed by atoms with Gasteiger partial charge in [-0.25, -0.2) is 8.42 Å². The minimum absolute atomic E-state index is 0.0338. The molecule has 0 heterocycles. The van der Waals surface area contributed by atoms with Gasteiger partial charge in [0, 0.05) is 19.0 Å². The van der Waals surface area contributed by atoms with Crippen LogP contribution in [0.25, 0.3) is 0 Å². The molecule has 2 amide bonds. The number of sulfonamides is 1. The summed E-state index contributed by atoms with van der Waals surface area (Å²) in [7, 11) is -3.83. The Balaban J connectivity index is 1.73. The lowest BCUT2D eigenvalue weighted by molar-refractivity contribution is -0.140. The number of benzene rings is 3. The highest BCUT2D eigenvalue weighted by atomic mass is 35.5. The summed E-state index contributed by atoms with van der Waals surface area (Å²) in [6.07, 6.45) is 6.33. The maximum atomic E-state index is 14.2. The molecule has 0 radical (unpaired) electrons. The molecule has 0 spiro atoms. The Morgan fingerprint density at radius 2 is 1.57 bits per heavy atom. The van der Waals surface area contributed by atoms with Crippen molar-refractivity contribution in [2.45, 2.75) is 64.1 Å². The van der Waals surface area contributed by atoms with Crippen LogP contribution in [0.2, 0.25) is 10.0 Å². The molecule has 4 rings (SSSR count). The Morgan fingerprint density at radius 3 is 2.19 bits per heavy atom. The van der Waals surface area contributed by atoms with Gasteiger partial charge in [0.25, 0.3) is 0 Å². The molecule has 3 aromatic rings. The molecule has 1 aliphatic carbocycles. The van der Waals surface area contributed by atoms with Gasteiger partial charge >= 0.3 is 0 Å². The van der Waals surface area contributed by atoms with Gasteiger partial charge in [-0.1, -0.05) is 96.6 Å². The van der Waals surface area contributed by atoms with Crippen molar-refractivity contribution in [2.24, 2.45) is 0 Å². The summed E-state index contributed by atoms with van der Waals surface area (Å²) in [5, 5.41) is 3.89. The Kier molecular flexibility index (Phi) is 10.9. The van der Waals surface area contributed by atoms with E-state index < -0.39 is 28.5 Å². The van der Waals surface area contributed by atoms with Crippen LogP contribution in [0, 0.1) is 6.92 Å². The SMILES string of the molecule is Cc1ccc(N(CC(=O)N(Cc2ccc(Cl)c(Cl)c2)[C@H](Cc2ccccc2)C(=O)NC2CCCCC2)S(C)(=O)=O)cc1. The Morgan fingerprint density at radius 1 is 0.905 bits per heavy atom. The first kappa shape index (κ1) is 31.9. The van der Waals surface area contributed by atoms with E-state index in [0.29, 0.717) is 21.3 Å². The molecule has 0 bridgehead atoms. The first-order valence-corrected chi connectivity index (χ1v) is 16.7. The highest BCUT2D eigenvalue weighted by Crippen LogP contribution is 2.26. The van der Waals surface area contributed by atoms with E-state index >= 15 is 0 Å². The van der Waals surface area contributed by atoms with Crippen molar-refractivity contribution >= 4 is 50.7 Å². The normalized spacial score (nSPS) is 14.7. The topological polar surface area (TPSA) is 86.8 Å². The Bertz CT molecular complexity index is 1480. The van der Waals surface area contributed by atoms with Crippen molar-refractivity contribution in [3.05, 3.63) is 99.5 Å². The number of rotatable bonds is 11. The fraction of sp³-hybridized carbons (Fsp3) is 0.375. The zero-order chi connectivity index (χ0) is 30.3. The van der Waals surface area contributed by atoms with Gasteiger partial charge in [-0.2, -0.15) is 0 Å². The van der Waals surface area contributed by atoms with Crippen LogP contribution in [0.15, 0.2) is 72.8 Å². The van der Waals surface area contributed by atoms with E-state index in [1.54, 1.807) is 42.5 Å². The largest absolute Gasteiger partial charge is 0.352 e. The van der Waals surface area contributed by atoms with Crippen molar-refractivity contribution in [2.75, 3.05) is 17.1 Å². The predicted octanol–water partition coefficient (Wildman–Crippen LogP) is 6.16. The third-order valence-electron chi connectivity index (χ3n) is 7.56. The molecule has 0 aromatic heterocycles. The van der Waals surface area contributed by atoms with Crippen LogP contribution in [0.3, 0.4) is 0 Å². The molecule has 0 saturated heterocycles. The molecule has 224 valence electrons. The third-order valence-corrected chi connectivity index (χ3v) is 9.44. The van der Waals surface area contributed by atoms with Crippen LogP contribution in [0.1, 0.15) is 48.8 Å². The fourth-order valence-corrected chi connectivity index (χ4v) is 6.43. The van der Waals surface area contributed by atoms with Crippen molar-refractivity contribution in [3.63, 3.8) is 0 Å². The predicted molar refractivity (Wildman–Crippen MR) is 169 cm³/mol. The van der Waals surface area contributed by atoms with Crippen LogP contribution in [-0.4, -0.2) is 50.0 Å². The van der Waals surface area contributed by atoms with Crippen molar-refractivity contribution in [1.29, 1.82) is 0 Å². The van der Waals surface area contributed by atoms with Crippen LogP contribution in [0.4, 0.5) is 5.69 Å². The fourth-order valence-electron chi connectivity index (χ4n) is 5.26. The second-order valence-corrected chi connectivity index (χ2v) is 13.6. The highest BCUT2D eigenvalue weighted by Gasteiger charge is 2.34. The van der Waals surface area contributed by atoms with E-state index in [1.807, 2.05) is 37.3 Å². The standard InChI is InChI=1S/C32H37Cl2N3O4S/c1-23-13-16-27(17-14-23)37(42(2,40)41)22-31(38)36(21-25-15-18-28(33)29(34)19-25)30(20-24-9-5-3-6-10-24)32(39)35-26-11-7-4-8-12-26/h3,5-6,9-10,13-19,26,30H,4,7-8,11-12,20-22H2,1-2H3,(H,35,39)/t30-/m1/s1. The van der Waals surface area contributed by atoms with Gasteiger partial charge in [-0.3, -0.25) is 13.9 Å². The molecule has 7 nitrogen and oxygen atoms in total. The first-order valence-electron chi connectivity index (χ1n) is 14.1. The summed E-state index contributed by atoms with van der Waals surface area (Å²) < 4.78 is 26.9. The van der Waals surface area contributed by atoms with Crippen LogP contribution < -0.4 is 9.62 Å². The Hall–Kier alpha value is -3.07. The first-order chi connectivity index (χ1) is 20.0. The highest BCUT2D eigenvalue weighted by molar-refractivity contribution is 7.92. The summed E-state index contributed by atoms with van der Waals surface area (Å²) in [4.78, 5) is 29.7. The van der Waals surface area contributed by atoms with Gasteiger partial charge in [0.2, 0.25) is 21.8 Å². The molecule has 42 heavy (non-hydrogen) atoms. The minimum Gasteiger partial charge on any atom is -0.352 e. The van der Waals surface area contributed by atoms with E-state index in [9.17, 15) is 18.0 Å². The maximum absolute atomic E-state index is 14.2. The average Bonchev–Trinajstić information content (AvgIpc) is 2.96. The number of hydrogen-bond acceptors (Lipinski definition) is 4. The number of amides is 2. The molecule has 0 unspecified atom stereocenters. The molecular formula is C32H37Cl2N3O4S. The van der Waals surface area contributed by atoms with E-state index in [0.717, 1.165) is 53.8 Å². The van der Waals surface area contributed by atoms with E-state index in [-0.39, 0.29) is 24.9 Å². The van der Waals surface area contributed by atoms with Crippen molar-refractivity contribution in [3.8, 4) is 0 Å². The maximum Gasteiger partial charge on any atom is 0.244 e. The zero-order valence-corrected chi connectivity index (χ0v) is 26.3. The van der Waals surface area contributed by atoms with Gasteiger partial charge in [0.1, 0.15) is 12.6 Å².